The summed E-state index contributed by atoms with van der Waals surface area (Å²) < 4.78 is 0. The number of aromatic nitrogens is 2. The molecular weight excluding hydrogens is 330 g/mol. The first-order chi connectivity index (χ1) is 11.1. The van der Waals surface area contributed by atoms with Crippen molar-refractivity contribution in [3.8, 4) is 0 Å². The molecule has 23 heavy (non-hydrogen) atoms. The van der Waals surface area contributed by atoms with Gasteiger partial charge in [-0.2, -0.15) is 16.9 Å². The van der Waals surface area contributed by atoms with E-state index < -0.39 is 0 Å². The summed E-state index contributed by atoms with van der Waals surface area (Å²) in [7, 11) is 0. The summed E-state index contributed by atoms with van der Waals surface area (Å²) in [4.78, 5) is 14.7. The molecule has 3 rings (SSSR count). The van der Waals surface area contributed by atoms with Crippen molar-refractivity contribution in [1.82, 2.24) is 15.1 Å². The van der Waals surface area contributed by atoms with Gasteiger partial charge in [0.25, 0.3) is 5.91 Å². The number of aromatic amines is 1. The number of hydrogen-bond donors (Lipinski definition) is 1. The molecule has 2 aromatic rings. The second-order valence-electron chi connectivity index (χ2n) is 5.77. The molecule has 1 amide bonds. The van der Waals surface area contributed by atoms with Crippen LogP contribution in [0.15, 0.2) is 24.3 Å². The van der Waals surface area contributed by atoms with E-state index in [0.29, 0.717) is 10.8 Å². The molecule has 0 aliphatic carbocycles. The van der Waals surface area contributed by atoms with Crippen LogP contribution in [-0.2, 0) is 0 Å². The maximum Gasteiger partial charge on any atom is 0.257 e. The molecule has 1 unspecified atom stereocenters. The molecule has 1 atom stereocenters. The second-order valence-corrected chi connectivity index (χ2v) is 7.49. The fourth-order valence-electron chi connectivity index (χ4n) is 2.98. The van der Waals surface area contributed by atoms with Crippen LogP contribution in [0.4, 0.5) is 0 Å². The molecule has 1 aliphatic rings. The number of amides is 1. The first-order valence-electron chi connectivity index (χ1n) is 7.75. The molecule has 1 fully saturated rings. The quantitative estimate of drug-likeness (QED) is 0.891. The van der Waals surface area contributed by atoms with Gasteiger partial charge in [0, 0.05) is 34.8 Å². The molecule has 1 aromatic carbocycles. The lowest BCUT2D eigenvalue weighted by Crippen LogP contribution is -2.33. The largest absolute Gasteiger partial charge is 0.338 e. The van der Waals surface area contributed by atoms with Crippen molar-refractivity contribution >= 4 is 29.3 Å². The third-order valence-corrected chi connectivity index (χ3v) is 5.88. The lowest BCUT2D eigenvalue weighted by molar-refractivity contribution is 0.0765. The van der Waals surface area contributed by atoms with Gasteiger partial charge >= 0.3 is 0 Å². The zero-order valence-corrected chi connectivity index (χ0v) is 14.9. The van der Waals surface area contributed by atoms with Crippen LogP contribution in [0.25, 0.3) is 0 Å². The van der Waals surface area contributed by atoms with Crippen molar-refractivity contribution in [3.05, 3.63) is 51.8 Å². The highest BCUT2D eigenvalue weighted by Gasteiger charge is 2.26. The van der Waals surface area contributed by atoms with E-state index in [-0.39, 0.29) is 5.91 Å². The predicted molar refractivity (Wildman–Crippen MR) is 95.2 cm³/mol. The summed E-state index contributed by atoms with van der Waals surface area (Å²) >= 11 is 8.20. The SMILES string of the molecule is Cc1n[nH]c(C)c1C(=O)N1CCSC(c2ccccc2Cl)CC1. The number of rotatable bonds is 2. The smallest absolute Gasteiger partial charge is 0.257 e. The minimum atomic E-state index is 0.0779. The van der Waals surface area contributed by atoms with Crippen LogP contribution in [-0.4, -0.2) is 39.8 Å². The molecule has 2 heterocycles. The van der Waals surface area contributed by atoms with E-state index in [2.05, 4.69) is 16.3 Å². The average molecular weight is 350 g/mol. The van der Waals surface area contributed by atoms with E-state index in [1.54, 1.807) is 0 Å². The molecule has 1 aliphatic heterocycles. The molecule has 1 saturated heterocycles. The van der Waals surface area contributed by atoms with Crippen molar-refractivity contribution in [3.63, 3.8) is 0 Å². The number of carbonyl (C=O) groups excluding carboxylic acids is 1. The van der Waals surface area contributed by atoms with E-state index in [9.17, 15) is 4.79 Å². The highest BCUT2D eigenvalue weighted by molar-refractivity contribution is 7.99. The first kappa shape index (κ1) is 16.4. The van der Waals surface area contributed by atoms with E-state index in [1.165, 1.54) is 5.56 Å². The molecule has 0 radical (unpaired) electrons. The zero-order chi connectivity index (χ0) is 16.4. The average Bonchev–Trinajstić information content (AvgIpc) is 2.75. The second kappa shape index (κ2) is 6.97. The van der Waals surface area contributed by atoms with Gasteiger partial charge in [0.1, 0.15) is 0 Å². The highest BCUT2D eigenvalue weighted by atomic mass is 35.5. The number of H-pyrrole nitrogens is 1. The molecule has 0 spiro atoms. The number of hydrogen-bond acceptors (Lipinski definition) is 3. The number of thioether (sulfide) groups is 1. The van der Waals surface area contributed by atoms with Crippen LogP contribution in [0.3, 0.4) is 0 Å². The Hall–Kier alpha value is -1.46. The standard InChI is InChI=1S/C17H20ClN3OS/c1-11-16(12(2)20-19-11)17(22)21-8-7-15(23-10-9-21)13-5-3-4-6-14(13)18/h3-6,15H,7-10H2,1-2H3,(H,19,20). The van der Waals surface area contributed by atoms with E-state index in [0.717, 1.165) is 41.7 Å². The number of nitrogens with zero attached hydrogens (tertiary/aromatic N) is 2. The molecule has 0 bridgehead atoms. The molecule has 4 nitrogen and oxygen atoms in total. The van der Waals surface area contributed by atoms with Crippen molar-refractivity contribution in [2.24, 2.45) is 0 Å². The van der Waals surface area contributed by atoms with Crippen LogP contribution in [0.1, 0.15) is 39.0 Å². The third kappa shape index (κ3) is 3.40. The number of halogens is 1. The number of carbonyl (C=O) groups is 1. The Morgan fingerprint density at radius 3 is 2.83 bits per heavy atom. The Balaban J connectivity index is 1.74. The maximum atomic E-state index is 12.8. The summed E-state index contributed by atoms with van der Waals surface area (Å²) in [6.07, 6.45) is 0.913. The van der Waals surface area contributed by atoms with Gasteiger partial charge in [0.2, 0.25) is 0 Å². The predicted octanol–water partition coefficient (Wildman–Crippen LogP) is 4.00. The molecule has 1 aromatic heterocycles. The maximum absolute atomic E-state index is 12.8. The van der Waals surface area contributed by atoms with Crippen LogP contribution in [0.2, 0.25) is 5.02 Å². The lowest BCUT2D eigenvalue weighted by atomic mass is 10.1. The minimum Gasteiger partial charge on any atom is -0.338 e. The zero-order valence-electron chi connectivity index (χ0n) is 13.3. The van der Waals surface area contributed by atoms with Gasteiger partial charge < -0.3 is 4.90 Å². The normalized spacial score (nSPS) is 18.7. The lowest BCUT2D eigenvalue weighted by Gasteiger charge is -2.20. The Labute approximate surface area is 145 Å². The van der Waals surface area contributed by atoms with Gasteiger partial charge in [-0.15, -0.1) is 0 Å². The molecule has 1 N–H and O–H groups in total. The Morgan fingerprint density at radius 2 is 2.13 bits per heavy atom. The summed E-state index contributed by atoms with van der Waals surface area (Å²) in [6.45, 7) is 5.27. The summed E-state index contributed by atoms with van der Waals surface area (Å²) in [5.41, 5.74) is 3.49. The van der Waals surface area contributed by atoms with Gasteiger partial charge in [-0.3, -0.25) is 9.89 Å². The van der Waals surface area contributed by atoms with E-state index in [1.807, 2.05) is 48.7 Å². The fraction of sp³-hybridized carbons (Fsp3) is 0.412. The van der Waals surface area contributed by atoms with Gasteiger partial charge in [0.15, 0.2) is 0 Å². The van der Waals surface area contributed by atoms with Gasteiger partial charge in [-0.1, -0.05) is 29.8 Å². The summed E-state index contributed by atoms with van der Waals surface area (Å²) in [5.74, 6) is 0.992. The van der Waals surface area contributed by atoms with Gasteiger partial charge in [-0.05, 0) is 31.9 Å². The topological polar surface area (TPSA) is 49.0 Å². The van der Waals surface area contributed by atoms with Crippen LogP contribution >= 0.6 is 23.4 Å². The van der Waals surface area contributed by atoms with E-state index >= 15 is 0 Å². The molecule has 6 heteroatoms. The van der Waals surface area contributed by atoms with Gasteiger partial charge in [0.05, 0.1) is 11.3 Å². The Bertz CT molecular complexity index is 696. The van der Waals surface area contributed by atoms with E-state index in [4.69, 9.17) is 11.6 Å². The fourth-order valence-corrected chi connectivity index (χ4v) is 4.58. The van der Waals surface area contributed by atoms with Gasteiger partial charge in [-0.25, -0.2) is 0 Å². The van der Waals surface area contributed by atoms with Crippen molar-refractivity contribution in [1.29, 1.82) is 0 Å². The Kier molecular flexibility index (Phi) is 4.97. The number of benzene rings is 1. The Morgan fingerprint density at radius 1 is 1.35 bits per heavy atom. The van der Waals surface area contributed by atoms with Crippen LogP contribution < -0.4 is 0 Å². The first-order valence-corrected chi connectivity index (χ1v) is 9.17. The molecular formula is C17H20ClN3OS. The van der Waals surface area contributed by atoms with Crippen molar-refractivity contribution < 1.29 is 4.79 Å². The van der Waals surface area contributed by atoms with Crippen molar-refractivity contribution in [2.45, 2.75) is 25.5 Å². The summed E-state index contributed by atoms with van der Waals surface area (Å²) in [6, 6.07) is 7.99. The minimum absolute atomic E-state index is 0.0779. The molecule has 0 saturated carbocycles. The van der Waals surface area contributed by atoms with Crippen molar-refractivity contribution in [2.75, 3.05) is 18.8 Å². The van der Waals surface area contributed by atoms with Crippen LogP contribution in [0, 0.1) is 13.8 Å². The van der Waals surface area contributed by atoms with Crippen LogP contribution in [0.5, 0.6) is 0 Å². The number of nitrogens with one attached hydrogen (secondary N) is 1. The third-order valence-electron chi connectivity index (χ3n) is 4.22. The number of aryl methyl sites for hydroxylation is 2. The summed E-state index contributed by atoms with van der Waals surface area (Å²) in [5, 5.41) is 8.18. The monoisotopic (exact) mass is 349 g/mol. The highest BCUT2D eigenvalue weighted by Crippen LogP contribution is 2.38. The molecule has 122 valence electrons.